The summed E-state index contributed by atoms with van der Waals surface area (Å²) in [6.45, 7) is 2.70. The molecule has 1 amide bonds. The third kappa shape index (κ3) is 5.31. The first-order chi connectivity index (χ1) is 13.2. The van der Waals surface area contributed by atoms with Crippen LogP contribution < -0.4 is 10.2 Å². The molecule has 5 nitrogen and oxygen atoms in total. The molecule has 0 bridgehead atoms. The Morgan fingerprint density at radius 1 is 1.11 bits per heavy atom. The number of nitrogens with one attached hydrogen (secondary N) is 1. The zero-order chi connectivity index (χ0) is 19.1. The highest BCUT2D eigenvalue weighted by Gasteiger charge is 2.06. The highest BCUT2D eigenvalue weighted by Crippen LogP contribution is 2.23. The third-order valence-corrected chi connectivity index (χ3v) is 4.23. The van der Waals surface area contributed by atoms with Gasteiger partial charge >= 0.3 is 0 Å². The topological polar surface area (TPSA) is 63.8 Å². The summed E-state index contributed by atoms with van der Waals surface area (Å²) < 4.78 is 12.2. The Hall–Kier alpha value is -2.86. The van der Waals surface area contributed by atoms with E-state index < -0.39 is 0 Å². The van der Waals surface area contributed by atoms with Gasteiger partial charge in [-0.2, -0.15) is 5.10 Å². The van der Waals surface area contributed by atoms with Crippen molar-refractivity contribution in [2.24, 2.45) is 5.10 Å². The first-order valence-electron chi connectivity index (χ1n) is 8.58. The largest absolute Gasteiger partial charge is 0.494 e. The van der Waals surface area contributed by atoms with Crippen LogP contribution in [0, 0.1) is 0 Å². The Balaban J connectivity index is 1.57. The molecule has 0 aliphatic heterocycles. The van der Waals surface area contributed by atoms with Crippen molar-refractivity contribution in [1.82, 2.24) is 5.43 Å². The van der Waals surface area contributed by atoms with Gasteiger partial charge in [-0.15, -0.1) is 0 Å². The molecule has 138 valence electrons. The maximum absolute atomic E-state index is 12.1. The molecule has 0 radical (unpaired) electrons. The standard InChI is InChI=1S/C21H19BrN2O3/c1-2-13-26-18-9-5-16(6-10-18)21(25)24-23-14-19-11-12-20(27-19)15-3-7-17(22)8-4-15/h3-12,14H,2,13H2,1H3,(H,24,25)/b23-14+. The summed E-state index contributed by atoms with van der Waals surface area (Å²) in [4.78, 5) is 12.1. The molecule has 6 heteroatoms. The SMILES string of the molecule is CCCOc1ccc(C(=O)N/N=C/c2ccc(-c3ccc(Br)cc3)o2)cc1. The van der Waals surface area contributed by atoms with E-state index in [0.29, 0.717) is 17.9 Å². The van der Waals surface area contributed by atoms with Crippen molar-refractivity contribution in [3.8, 4) is 17.1 Å². The molecule has 0 spiro atoms. The molecular formula is C21H19BrN2O3. The van der Waals surface area contributed by atoms with Crippen LogP contribution in [0.3, 0.4) is 0 Å². The van der Waals surface area contributed by atoms with E-state index in [1.807, 2.05) is 37.3 Å². The van der Waals surface area contributed by atoms with Gasteiger partial charge in [0.2, 0.25) is 0 Å². The number of halogens is 1. The summed E-state index contributed by atoms with van der Waals surface area (Å²) in [5.41, 5.74) is 3.96. The second-order valence-electron chi connectivity index (χ2n) is 5.78. The lowest BCUT2D eigenvalue weighted by Crippen LogP contribution is -2.17. The fraction of sp³-hybridized carbons (Fsp3) is 0.143. The zero-order valence-corrected chi connectivity index (χ0v) is 16.4. The lowest BCUT2D eigenvalue weighted by Gasteiger charge is -2.05. The van der Waals surface area contributed by atoms with Crippen LogP contribution in [0.4, 0.5) is 0 Å². The molecule has 0 saturated heterocycles. The van der Waals surface area contributed by atoms with E-state index in [1.165, 1.54) is 6.21 Å². The molecule has 0 unspecified atom stereocenters. The summed E-state index contributed by atoms with van der Waals surface area (Å²) in [5, 5.41) is 3.95. The second kappa shape index (κ2) is 9.19. The van der Waals surface area contributed by atoms with Gasteiger partial charge < -0.3 is 9.15 Å². The van der Waals surface area contributed by atoms with Crippen LogP contribution in [0.25, 0.3) is 11.3 Å². The van der Waals surface area contributed by atoms with Gasteiger partial charge in [-0.3, -0.25) is 4.79 Å². The zero-order valence-electron chi connectivity index (χ0n) is 14.8. The van der Waals surface area contributed by atoms with Crippen molar-refractivity contribution in [3.63, 3.8) is 0 Å². The van der Waals surface area contributed by atoms with E-state index >= 15 is 0 Å². The van der Waals surface area contributed by atoms with Gasteiger partial charge in [-0.05, 0) is 55.0 Å². The number of benzene rings is 2. The maximum atomic E-state index is 12.1. The maximum Gasteiger partial charge on any atom is 0.271 e. The number of furan rings is 1. The molecule has 1 aromatic heterocycles. The van der Waals surface area contributed by atoms with Crippen LogP contribution >= 0.6 is 15.9 Å². The summed E-state index contributed by atoms with van der Waals surface area (Å²) in [6, 6.07) is 18.4. The lowest BCUT2D eigenvalue weighted by molar-refractivity contribution is 0.0955. The highest BCUT2D eigenvalue weighted by atomic mass is 79.9. The van der Waals surface area contributed by atoms with Gasteiger partial charge in [0.1, 0.15) is 17.3 Å². The van der Waals surface area contributed by atoms with Crippen LogP contribution in [-0.2, 0) is 0 Å². The summed E-state index contributed by atoms with van der Waals surface area (Å²) in [5.74, 6) is 1.73. The second-order valence-corrected chi connectivity index (χ2v) is 6.70. The van der Waals surface area contributed by atoms with Crippen LogP contribution in [0.1, 0.15) is 29.5 Å². The lowest BCUT2D eigenvalue weighted by atomic mass is 10.2. The molecule has 0 aliphatic rings. The van der Waals surface area contributed by atoms with Crippen LogP contribution in [0.15, 0.2) is 74.7 Å². The average Bonchev–Trinajstić information content (AvgIpc) is 3.16. The normalized spacial score (nSPS) is 10.9. The van der Waals surface area contributed by atoms with Crippen LogP contribution in [-0.4, -0.2) is 18.7 Å². The number of amides is 1. The van der Waals surface area contributed by atoms with Crippen molar-refractivity contribution in [2.75, 3.05) is 6.61 Å². The highest BCUT2D eigenvalue weighted by molar-refractivity contribution is 9.10. The Bertz CT molecular complexity index is 915. The third-order valence-electron chi connectivity index (χ3n) is 3.70. The van der Waals surface area contributed by atoms with E-state index in [0.717, 1.165) is 28.0 Å². The minimum absolute atomic E-state index is 0.298. The fourth-order valence-corrected chi connectivity index (χ4v) is 2.60. The molecular weight excluding hydrogens is 408 g/mol. The monoisotopic (exact) mass is 426 g/mol. The van der Waals surface area contributed by atoms with Crippen molar-refractivity contribution in [1.29, 1.82) is 0 Å². The molecule has 1 heterocycles. The van der Waals surface area contributed by atoms with Gasteiger partial charge in [0.15, 0.2) is 0 Å². The molecule has 3 aromatic rings. The van der Waals surface area contributed by atoms with Crippen molar-refractivity contribution in [2.45, 2.75) is 13.3 Å². The van der Waals surface area contributed by atoms with Crippen molar-refractivity contribution >= 4 is 28.1 Å². The minimum Gasteiger partial charge on any atom is -0.494 e. The van der Waals surface area contributed by atoms with E-state index in [1.54, 1.807) is 30.3 Å². The van der Waals surface area contributed by atoms with Crippen molar-refractivity contribution < 1.29 is 13.9 Å². The van der Waals surface area contributed by atoms with E-state index in [-0.39, 0.29) is 5.91 Å². The number of hydrogen-bond donors (Lipinski definition) is 1. The molecule has 0 saturated carbocycles. The summed E-state index contributed by atoms with van der Waals surface area (Å²) in [7, 11) is 0. The van der Waals surface area contributed by atoms with E-state index in [9.17, 15) is 4.79 Å². The van der Waals surface area contributed by atoms with Crippen LogP contribution in [0.2, 0.25) is 0 Å². The summed E-state index contributed by atoms with van der Waals surface area (Å²) in [6.07, 6.45) is 2.41. The van der Waals surface area contributed by atoms with E-state index in [2.05, 4.69) is 26.5 Å². The smallest absolute Gasteiger partial charge is 0.271 e. The van der Waals surface area contributed by atoms with Gasteiger partial charge in [0.05, 0.1) is 12.8 Å². The minimum atomic E-state index is -0.298. The van der Waals surface area contributed by atoms with E-state index in [4.69, 9.17) is 9.15 Å². The molecule has 3 rings (SSSR count). The Labute approximate surface area is 166 Å². The molecule has 1 N–H and O–H groups in total. The Morgan fingerprint density at radius 3 is 2.56 bits per heavy atom. The number of carbonyl (C=O) groups is 1. The molecule has 27 heavy (non-hydrogen) atoms. The number of hydrazone groups is 1. The van der Waals surface area contributed by atoms with Gasteiger partial charge in [-0.25, -0.2) is 5.43 Å². The number of rotatable bonds is 7. The Morgan fingerprint density at radius 2 is 1.85 bits per heavy atom. The number of hydrogen-bond acceptors (Lipinski definition) is 4. The van der Waals surface area contributed by atoms with Crippen LogP contribution in [0.5, 0.6) is 5.75 Å². The molecule has 0 fully saturated rings. The molecule has 0 aliphatic carbocycles. The van der Waals surface area contributed by atoms with Crippen molar-refractivity contribution in [3.05, 3.63) is 76.5 Å². The number of nitrogens with zero attached hydrogens (tertiary/aromatic N) is 1. The number of carbonyl (C=O) groups excluding carboxylic acids is 1. The van der Waals surface area contributed by atoms with Gasteiger partial charge in [0, 0.05) is 15.6 Å². The molecule has 0 atom stereocenters. The first kappa shape index (κ1) is 18.9. The van der Waals surface area contributed by atoms with Gasteiger partial charge in [-0.1, -0.05) is 35.0 Å². The Kier molecular flexibility index (Phi) is 6.44. The summed E-state index contributed by atoms with van der Waals surface area (Å²) >= 11 is 3.41. The quantitative estimate of drug-likeness (QED) is 0.413. The first-order valence-corrected chi connectivity index (χ1v) is 9.37. The predicted octanol–water partition coefficient (Wildman–Crippen LogP) is 5.26. The fourth-order valence-electron chi connectivity index (χ4n) is 2.33. The number of ether oxygens (including phenoxy) is 1. The average molecular weight is 427 g/mol. The van der Waals surface area contributed by atoms with Gasteiger partial charge in [0.25, 0.3) is 5.91 Å². The predicted molar refractivity (Wildman–Crippen MR) is 109 cm³/mol. The molecule has 2 aromatic carbocycles.